The molecule has 1 aliphatic heterocycles. The van der Waals surface area contributed by atoms with Gasteiger partial charge in [0.25, 0.3) is 5.91 Å². The van der Waals surface area contributed by atoms with Crippen molar-refractivity contribution >= 4 is 11.9 Å². The first-order chi connectivity index (χ1) is 10.5. The molecule has 11 heteroatoms. The molecule has 128 valence electrons. The zero-order valence-electron chi connectivity index (χ0n) is 12.4. The number of carboxylic acid groups (broad SMARTS) is 1. The molecule has 0 bridgehead atoms. The lowest BCUT2D eigenvalue weighted by molar-refractivity contribution is -0.265. The Kier molecular flexibility index (Phi) is 4.33. The molecule has 0 aliphatic carbocycles. The summed E-state index contributed by atoms with van der Waals surface area (Å²) < 4.78 is 44.9. The summed E-state index contributed by atoms with van der Waals surface area (Å²) >= 11 is 0. The van der Waals surface area contributed by atoms with Crippen molar-refractivity contribution in [1.29, 1.82) is 0 Å². The molecule has 0 spiro atoms. The first-order valence-electron chi connectivity index (χ1n) is 6.65. The van der Waals surface area contributed by atoms with E-state index < -0.39 is 36.2 Å². The number of carboxylic acids is 1. The van der Waals surface area contributed by atoms with Gasteiger partial charge in [0.1, 0.15) is 6.54 Å². The van der Waals surface area contributed by atoms with Gasteiger partial charge in [0.2, 0.25) is 0 Å². The highest BCUT2D eigenvalue weighted by Crippen LogP contribution is 2.37. The molecule has 0 radical (unpaired) electrons. The van der Waals surface area contributed by atoms with Crippen molar-refractivity contribution < 1.29 is 32.6 Å². The fourth-order valence-corrected chi connectivity index (χ4v) is 2.50. The molecule has 1 amide bonds. The Bertz CT molecular complexity index is 614. The van der Waals surface area contributed by atoms with E-state index in [2.05, 4.69) is 10.3 Å². The third-order valence-corrected chi connectivity index (χ3v) is 3.53. The highest BCUT2D eigenvalue weighted by atomic mass is 19.4. The van der Waals surface area contributed by atoms with Crippen LogP contribution in [0.25, 0.3) is 0 Å². The minimum atomic E-state index is -4.62. The first kappa shape index (κ1) is 17.2. The quantitative estimate of drug-likeness (QED) is 0.865. The van der Waals surface area contributed by atoms with Crippen LogP contribution in [0.1, 0.15) is 24.3 Å². The van der Waals surface area contributed by atoms with E-state index >= 15 is 0 Å². The van der Waals surface area contributed by atoms with Crippen molar-refractivity contribution in [3.8, 4) is 0 Å². The van der Waals surface area contributed by atoms with Gasteiger partial charge in [0.05, 0.1) is 18.3 Å². The highest BCUT2D eigenvalue weighted by Gasteiger charge is 2.55. The third-order valence-electron chi connectivity index (χ3n) is 3.53. The summed E-state index contributed by atoms with van der Waals surface area (Å²) in [5.74, 6) is -1.94. The van der Waals surface area contributed by atoms with Crippen LogP contribution in [0.2, 0.25) is 0 Å². The van der Waals surface area contributed by atoms with Crippen LogP contribution >= 0.6 is 0 Å². The van der Waals surface area contributed by atoms with Crippen LogP contribution in [0.3, 0.4) is 0 Å². The fraction of sp³-hybridized carbons (Fsp3) is 0.667. The van der Waals surface area contributed by atoms with E-state index in [0.717, 1.165) is 15.8 Å². The third kappa shape index (κ3) is 3.44. The number of morpholine rings is 1. The number of aromatic nitrogens is 3. The van der Waals surface area contributed by atoms with E-state index in [1.54, 1.807) is 0 Å². The normalized spacial score (nSPS) is 21.3. The van der Waals surface area contributed by atoms with Gasteiger partial charge in [-0.1, -0.05) is 5.21 Å². The van der Waals surface area contributed by atoms with Crippen molar-refractivity contribution in [2.45, 2.75) is 38.2 Å². The number of carbonyl (C=O) groups excluding carboxylic acids is 1. The smallest absolute Gasteiger partial charge is 0.416 e. The van der Waals surface area contributed by atoms with E-state index in [1.165, 1.54) is 13.8 Å². The minimum absolute atomic E-state index is 0.0375. The highest BCUT2D eigenvalue weighted by molar-refractivity contribution is 5.92. The molecule has 2 heterocycles. The lowest BCUT2D eigenvalue weighted by Crippen LogP contribution is -2.64. The summed E-state index contributed by atoms with van der Waals surface area (Å²) in [6.45, 7) is 1.71. The summed E-state index contributed by atoms with van der Waals surface area (Å²) in [5, 5.41) is 15.7. The van der Waals surface area contributed by atoms with Crippen LogP contribution in [0, 0.1) is 0 Å². The van der Waals surface area contributed by atoms with Crippen LogP contribution in [0.5, 0.6) is 0 Å². The number of ether oxygens (including phenoxy) is 1. The molecule has 1 N–H and O–H groups in total. The van der Waals surface area contributed by atoms with Crippen molar-refractivity contribution in [3.05, 3.63) is 11.9 Å². The number of halogens is 3. The van der Waals surface area contributed by atoms with Gasteiger partial charge in [-0.25, -0.2) is 4.68 Å². The van der Waals surface area contributed by atoms with Crippen LogP contribution < -0.4 is 0 Å². The molecule has 23 heavy (non-hydrogen) atoms. The van der Waals surface area contributed by atoms with E-state index in [4.69, 9.17) is 9.84 Å². The second kappa shape index (κ2) is 5.80. The largest absolute Gasteiger partial charge is 0.480 e. The number of rotatable bonds is 3. The molecular weight excluding hydrogens is 321 g/mol. The standard InChI is InChI=1S/C12H15F3N4O4/c1-11(2)10(12(13,14)15)23-4-3-19(11)9(22)7-5-18(17-16-7)6-8(20)21/h5,10H,3-4,6H2,1-2H3,(H,20,21). The molecule has 1 atom stereocenters. The lowest BCUT2D eigenvalue weighted by atomic mass is 9.92. The molecule has 0 aromatic carbocycles. The Morgan fingerprint density at radius 2 is 2.13 bits per heavy atom. The van der Waals surface area contributed by atoms with Gasteiger partial charge in [-0.15, -0.1) is 5.10 Å². The maximum Gasteiger partial charge on any atom is 0.416 e. The van der Waals surface area contributed by atoms with Gasteiger partial charge in [0.15, 0.2) is 11.8 Å². The second-order valence-electron chi connectivity index (χ2n) is 5.60. The monoisotopic (exact) mass is 336 g/mol. The molecule has 1 aliphatic rings. The molecule has 8 nitrogen and oxygen atoms in total. The molecular formula is C12H15F3N4O4. The molecule has 1 aromatic heterocycles. The number of hydrogen-bond acceptors (Lipinski definition) is 5. The van der Waals surface area contributed by atoms with E-state index in [9.17, 15) is 22.8 Å². The predicted molar refractivity (Wildman–Crippen MR) is 68.6 cm³/mol. The zero-order valence-corrected chi connectivity index (χ0v) is 12.4. The van der Waals surface area contributed by atoms with Gasteiger partial charge < -0.3 is 14.7 Å². The van der Waals surface area contributed by atoms with E-state index in [1.807, 2.05) is 0 Å². The van der Waals surface area contributed by atoms with Crippen LogP contribution in [0.15, 0.2) is 6.20 Å². The van der Waals surface area contributed by atoms with E-state index in [-0.39, 0.29) is 18.8 Å². The molecule has 2 rings (SSSR count). The first-order valence-corrected chi connectivity index (χ1v) is 6.65. The summed E-state index contributed by atoms with van der Waals surface area (Å²) in [7, 11) is 0. The Balaban J connectivity index is 2.24. The number of aliphatic carboxylic acids is 1. The van der Waals surface area contributed by atoms with Crippen molar-refractivity contribution in [2.24, 2.45) is 0 Å². The Labute approximate surface area is 128 Å². The topological polar surface area (TPSA) is 97.5 Å². The van der Waals surface area contributed by atoms with Crippen LogP contribution in [0.4, 0.5) is 13.2 Å². The van der Waals surface area contributed by atoms with Gasteiger partial charge in [0, 0.05) is 6.54 Å². The molecule has 1 unspecified atom stereocenters. The number of carbonyl (C=O) groups is 2. The van der Waals surface area contributed by atoms with Gasteiger partial charge in [-0.2, -0.15) is 13.2 Å². The van der Waals surface area contributed by atoms with Crippen molar-refractivity contribution in [2.75, 3.05) is 13.2 Å². The van der Waals surface area contributed by atoms with Gasteiger partial charge in [-0.05, 0) is 13.8 Å². The molecule has 1 aromatic rings. The average molecular weight is 336 g/mol. The maximum absolute atomic E-state index is 13.1. The fourth-order valence-electron chi connectivity index (χ4n) is 2.50. The maximum atomic E-state index is 13.1. The Hall–Kier alpha value is -2.17. The summed E-state index contributed by atoms with van der Waals surface area (Å²) in [5.41, 5.74) is -1.85. The number of amides is 1. The van der Waals surface area contributed by atoms with E-state index in [0.29, 0.717) is 0 Å². The number of hydrogen-bond donors (Lipinski definition) is 1. The zero-order chi connectivity index (χ0) is 17.4. The molecule has 0 saturated carbocycles. The number of alkyl halides is 3. The predicted octanol–water partition coefficient (Wildman–Crippen LogP) is 0.545. The Morgan fingerprint density at radius 3 is 2.70 bits per heavy atom. The van der Waals surface area contributed by atoms with Crippen LogP contribution in [-0.2, 0) is 16.1 Å². The number of nitrogens with zero attached hydrogens (tertiary/aromatic N) is 4. The van der Waals surface area contributed by atoms with Crippen molar-refractivity contribution in [1.82, 2.24) is 19.9 Å². The Morgan fingerprint density at radius 1 is 1.48 bits per heavy atom. The van der Waals surface area contributed by atoms with Crippen LogP contribution in [-0.4, -0.2) is 67.8 Å². The van der Waals surface area contributed by atoms with Gasteiger partial charge >= 0.3 is 12.1 Å². The average Bonchev–Trinajstić information content (AvgIpc) is 2.83. The van der Waals surface area contributed by atoms with Crippen molar-refractivity contribution in [3.63, 3.8) is 0 Å². The lowest BCUT2D eigenvalue weighted by Gasteiger charge is -2.47. The second-order valence-corrected chi connectivity index (χ2v) is 5.60. The van der Waals surface area contributed by atoms with Gasteiger partial charge in [-0.3, -0.25) is 9.59 Å². The SMILES string of the molecule is CC1(C)C(C(F)(F)F)OCCN1C(=O)c1cn(CC(=O)O)nn1. The summed E-state index contributed by atoms with van der Waals surface area (Å²) in [6, 6.07) is 0. The molecule has 1 fully saturated rings. The minimum Gasteiger partial charge on any atom is -0.480 e. The summed E-state index contributed by atoms with van der Waals surface area (Å²) in [6.07, 6.45) is -5.66. The molecule has 1 saturated heterocycles. The summed E-state index contributed by atoms with van der Waals surface area (Å²) in [4.78, 5) is 24.0.